The van der Waals surface area contributed by atoms with Gasteiger partial charge < -0.3 is 0 Å². The number of halogens is 2. The molecule has 6 nitrogen and oxygen atoms in total. The Kier molecular flexibility index (Phi) is 6.76. The van der Waals surface area contributed by atoms with Crippen molar-refractivity contribution in [1.82, 2.24) is 5.43 Å². The van der Waals surface area contributed by atoms with Gasteiger partial charge in [0.25, 0.3) is 15.9 Å². The van der Waals surface area contributed by atoms with Crippen LogP contribution in [0.3, 0.4) is 0 Å². The summed E-state index contributed by atoms with van der Waals surface area (Å²) in [5, 5.41) is 3.78. The van der Waals surface area contributed by atoms with Crippen LogP contribution < -0.4 is 9.73 Å². The van der Waals surface area contributed by atoms with Crippen LogP contribution in [0.1, 0.15) is 11.1 Å². The quantitative estimate of drug-likeness (QED) is 0.448. The molecule has 3 rings (SSSR count). The normalized spacial score (nSPS) is 11.5. The molecule has 31 heavy (non-hydrogen) atoms. The third-order valence-electron chi connectivity index (χ3n) is 4.28. The Morgan fingerprint density at radius 3 is 2.06 bits per heavy atom. The van der Waals surface area contributed by atoms with Gasteiger partial charge in [-0.3, -0.25) is 9.10 Å². The van der Waals surface area contributed by atoms with Crippen molar-refractivity contribution in [2.45, 2.75) is 11.8 Å². The summed E-state index contributed by atoms with van der Waals surface area (Å²) in [6.45, 7) is 1.29. The molecular weight excluding hydrogens is 424 g/mol. The fourth-order valence-electron chi connectivity index (χ4n) is 2.65. The van der Waals surface area contributed by atoms with Gasteiger partial charge in [-0.25, -0.2) is 22.6 Å². The lowest BCUT2D eigenvalue weighted by molar-refractivity contribution is -0.119. The van der Waals surface area contributed by atoms with Crippen molar-refractivity contribution in [3.63, 3.8) is 0 Å². The van der Waals surface area contributed by atoms with Gasteiger partial charge >= 0.3 is 0 Å². The van der Waals surface area contributed by atoms with Crippen molar-refractivity contribution in [2.24, 2.45) is 5.10 Å². The number of carbonyl (C=O) groups excluding carboxylic acids is 1. The number of benzene rings is 3. The monoisotopic (exact) mass is 443 g/mol. The van der Waals surface area contributed by atoms with Crippen LogP contribution in [0.5, 0.6) is 0 Å². The number of hydrazone groups is 1. The zero-order chi connectivity index (χ0) is 22.4. The second kappa shape index (κ2) is 9.48. The molecule has 1 amide bonds. The molecular formula is C22H19F2N3O3S. The molecule has 0 atom stereocenters. The summed E-state index contributed by atoms with van der Waals surface area (Å²) in [4.78, 5) is 12.3. The van der Waals surface area contributed by atoms with Gasteiger partial charge in [-0.2, -0.15) is 5.10 Å². The highest BCUT2D eigenvalue weighted by molar-refractivity contribution is 7.92. The molecule has 0 saturated heterocycles. The lowest BCUT2D eigenvalue weighted by Crippen LogP contribution is -2.39. The number of nitrogens with one attached hydrogen (secondary N) is 1. The summed E-state index contributed by atoms with van der Waals surface area (Å²) in [5.41, 5.74) is 4.00. The van der Waals surface area contributed by atoms with Crippen LogP contribution in [0.4, 0.5) is 14.5 Å². The van der Waals surface area contributed by atoms with Gasteiger partial charge in [0, 0.05) is 0 Å². The van der Waals surface area contributed by atoms with E-state index >= 15 is 0 Å². The first-order valence-corrected chi connectivity index (χ1v) is 10.6. The Morgan fingerprint density at radius 1 is 0.935 bits per heavy atom. The van der Waals surface area contributed by atoms with Crippen LogP contribution >= 0.6 is 0 Å². The Labute approximate surface area is 178 Å². The highest BCUT2D eigenvalue weighted by Gasteiger charge is 2.27. The van der Waals surface area contributed by atoms with Gasteiger partial charge in [0.05, 0.1) is 16.8 Å². The van der Waals surface area contributed by atoms with E-state index < -0.39 is 34.1 Å². The van der Waals surface area contributed by atoms with E-state index in [0.29, 0.717) is 5.56 Å². The molecule has 9 heteroatoms. The van der Waals surface area contributed by atoms with Gasteiger partial charge in [-0.05, 0) is 61.0 Å². The third-order valence-corrected chi connectivity index (χ3v) is 6.07. The maximum atomic E-state index is 13.2. The average Bonchev–Trinajstić information content (AvgIpc) is 2.74. The molecule has 0 fully saturated rings. The number of carbonyl (C=O) groups is 1. The molecule has 0 unspecified atom stereocenters. The zero-order valence-electron chi connectivity index (χ0n) is 16.5. The van der Waals surface area contributed by atoms with E-state index in [4.69, 9.17) is 0 Å². The Hall–Kier alpha value is -3.59. The molecule has 0 aliphatic rings. The van der Waals surface area contributed by atoms with Crippen molar-refractivity contribution < 1.29 is 22.0 Å². The number of amides is 1. The predicted molar refractivity (Wildman–Crippen MR) is 114 cm³/mol. The maximum Gasteiger partial charge on any atom is 0.264 e. The number of anilines is 1. The SMILES string of the molecule is Cc1ccc(N(CC(=O)NN=Cc2ccc(F)cc2)S(=O)(=O)c2ccc(F)cc2)cc1. The van der Waals surface area contributed by atoms with Gasteiger partial charge in [-0.1, -0.05) is 29.8 Å². The predicted octanol–water partition coefficient (Wildman–Crippen LogP) is 3.62. The molecule has 0 bridgehead atoms. The molecule has 0 heterocycles. The Bertz CT molecular complexity index is 1180. The molecule has 0 saturated carbocycles. The smallest absolute Gasteiger partial charge is 0.264 e. The lowest BCUT2D eigenvalue weighted by Gasteiger charge is -2.23. The summed E-state index contributed by atoms with van der Waals surface area (Å²) < 4.78 is 53.4. The summed E-state index contributed by atoms with van der Waals surface area (Å²) in [6, 6.07) is 16.4. The molecule has 1 N–H and O–H groups in total. The van der Waals surface area contributed by atoms with E-state index in [-0.39, 0.29) is 10.6 Å². The molecule has 160 valence electrons. The standard InChI is InChI=1S/C22H19F2N3O3S/c1-16-2-10-20(11-3-16)27(31(29,30)21-12-8-19(24)9-13-21)15-22(28)26-25-14-17-4-6-18(23)7-5-17/h2-14H,15H2,1H3,(H,26,28). The van der Waals surface area contributed by atoms with Crippen molar-refractivity contribution >= 4 is 27.8 Å². The Balaban J connectivity index is 1.82. The minimum atomic E-state index is -4.15. The number of aryl methyl sites for hydroxylation is 1. The van der Waals surface area contributed by atoms with Gasteiger partial charge in [0.15, 0.2) is 0 Å². The van der Waals surface area contributed by atoms with Crippen molar-refractivity contribution in [1.29, 1.82) is 0 Å². The van der Waals surface area contributed by atoms with Crippen LogP contribution in [0, 0.1) is 18.6 Å². The highest BCUT2D eigenvalue weighted by atomic mass is 32.2. The van der Waals surface area contributed by atoms with E-state index in [1.165, 1.54) is 30.5 Å². The first-order valence-electron chi connectivity index (χ1n) is 9.18. The van der Waals surface area contributed by atoms with Crippen LogP contribution in [0.25, 0.3) is 0 Å². The largest absolute Gasteiger partial charge is 0.271 e. The fraction of sp³-hybridized carbons (Fsp3) is 0.0909. The highest BCUT2D eigenvalue weighted by Crippen LogP contribution is 2.24. The minimum absolute atomic E-state index is 0.155. The molecule has 3 aromatic carbocycles. The van der Waals surface area contributed by atoms with Crippen molar-refractivity contribution in [2.75, 3.05) is 10.8 Å². The number of sulfonamides is 1. The molecule has 0 aliphatic carbocycles. The first-order chi connectivity index (χ1) is 14.8. The molecule has 0 spiro atoms. The maximum absolute atomic E-state index is 13.2. The van der Waals surface area contributed by atoms with E-state index in [1.807, 2.05) is 6.92 Å². The summed E-state index contributed by atoms with van der Waals surface area (Å²) >= 11 is 0. The summed E-state index contributed by atoms with van der Waals surface area (Å²) in [5.74, 6) is -1.67. The van der Waals surface area contributed by atoms with Crippen LogP contribution in [0.2, 0.25) is 0 Å². The zero-order valence-corrected chi connectivity index (χ0v) is 17.3. The molecule has 0 aromatic heterocycles. The number of rotatable bonds is 7. The van der Waals surface area contributed by atoms with Crippen molar-refractivity contribution in [3.05, 3.63) is 95.6 Å². The third kappa shape index (κ3) is 5.73. The number of nitrogens with zero attached hydrogens (tertiary/aromatic N) is 2. The molecule has 3 aromatic rings. The first kappa shape index (κ1) is 22.1. The average molecular weight is 443 g/mol. The Morgan fingerprint density at radius 2 is 1.48 bits per heavy atom. The number of hydrogen-bond donors (Lipinski definition) is 1. The second-order valence-corrected chi connectivity index (χ2v) is 8.51. The number of hydrogen-bond acceptors (Lipinski definition) is 4. The van der Waals surface area contributed by atoms with Crippen molar-refractivity contribution in [3.8, 4) is 0 Å². The topological polar surface area (TPSA) is 78.8 Å². The van der Waals surface area contributed by atoms with Crippen LogP contribution in [-0.4, -0.2) is 27.1 Å². The minimum Gasteiger partial charge on any atom is -0.271 e. The van der Waals surface area contributed by atoms with Gasteiger partial charge in [-0.15, -0.1) is 0 Å². The summed E-state index contributed by atoms with van der Waals surface area (Å²) in [7, 11) is -4.15. The van der Waals surface area contributed by atoms with Crippen LogP contribution in [-0.2, 0) is 14.8 Å². The van der Waals surface area contributed by atoms with Gasteiger partial charge in [0.2, 0.25) is 0 Å². The van der Waals surface area contributed by atoms with E-state index in [2.05, 4.69) is 10.5 Å². The fourth-order valence-corrected chi connectivity index (χ4v) is 4.07. The second-order valence-electron chi connectivity index (χ2n) is 6.65. The molecule has 0 aliphatic heterocycles. The van der Waals surface area contributed by atoms with E-state index in [9.17, 15) is 22.0 Å². The van der Waals surface area contributed by atoms with Gasteiger partial charge in [0.1, 0.15) is 18.2 Å². The van der Waals surface area contributed by atoms with E-state index in [0.717, 1.165) is 34.1 Å². The van der Waals surface area contributed by atoms with Crippen LogP contribution in [0.15, 0.2) is 82.8 Å². The lowest BCUT2D eigenvalue weighted by atomic mass is 10.2. The molecule has 0 radical (unpaired) electrons. The van der Waals surface area contributed by atoms with E-state index in [1.54, 1.807) is 24.3 Å². The summed E-state index contributed by atoms with van der Waals surface area (Å²) in [6.07, 6.45) is 1.31.